The topological polar surface area (TPSA) is 76.3 Å². The smallest absolute Gasteiger partial charge is 0.220 e. The van der Waals surface area contributed by atoms with Gasteiger partial charge in [0.1, 0.15) is 18.7 Å². The molecule has 5 heterocycles. The van der Waals surface area contributed by atoms with Gasteiger partial charge in [0.05, 0.1) is 24.1 Å². The van der Waals surface area contributed by atoms with Gasteiger partial charge in [0, 0.05) is 19.0 Å². The van der Waals surface area contributed by atoms with Gasteiger partial charge in [0.25, 0.3) is 0 Å². The number of aliphatic imine (C=N–C) groups is 1. The lowest BCUT2D eigenvalue weighted by atomic mass is 10.1. The molecule has 0 bridgehead atoms. The molecule has 0 spiro atoms. The summed E-state index contributed by atoms with van der Waals surface area (Å²) in [6.45, 7) is 2.40. The Morgan fingerprint density at radius 1 is 1.27 bits per heavy atom. The first-order chi connectivity index (χ1) is 14.6. The number of benzene rings is 1. The quantitative estimate of drug-likeness (QED) is 0.698. The summed E-state index contributed by atoms with van der Waals surface area (Å²) >= 11 is 0. The van der Waals surface area contributed by atoms with Crippen molar-refractivity contribution in [3.8, 4) is 0 Å². The SMILES string of the molecule is CC(=O)N1CCCC1c1cnnn1N1C=NC2c3ccccc3N3CN(F)C=C3N21. The first kappa shape index (κ1) is 17.2. The van der Waals surface area contributed by atoms with Crippen molar-refractivity contribution >= 4 is 17.9 Å². The third-order valence-electron chi connectivity index (χ3n) is 6.06. The molecule has 1 aromatic carbocycles. The van der Waals surface area contributed by atoms with E-state index in [-0.39, 0.29) is 24.8 Å². The van der Waals surface area contributed by atoms with Gasteiger partial charge in [-0.3, -0.25) is 4.79 Å². The maximum atomic E-state index is 14.3. The number of halogens is 1. The van der Waals surface area contributed by atoms with E-state index >= 15 is 0 Å². The highest BCUT2D eigenvalue weighted by Crippen LogP contribution is 2.45. The highest BCUT2D eigenvalue weighted by Gasteiger charge is 2.45. The van der Waals surface area contributed by atoms with Crippen LogP contribution in [0.4, 0.5) is 10.2 Å². The van der Waals surface area contributed by atoms with Gasteiger partial charge in [-0.05, 0) is 24.1 Å². The lowest BCUT2D eigenvalue weighted by Gasteiger charge is -2.42. The number of nitrogens with zero attached hydrogens (tertiary/aromatic N) is 9. The van der Waals surface area contributed by atoms with Crippen LogP contribution in [0.5, 0.6) is 0 Å². The molecule has 1 saturated heterocycles. The summed E-state index contributed by atoms with van der Waals surface area (Å²) in [5.41, 5.74) is 2.72. The fraction of sp³-hybridized carbons (Fsp3) is 0.368. The first-order valence-corrected chi connectivity index (χ1v) is 9.94. The van der Waals surface area contributed by atoms with Gasteiger partial charge >= 0.3 is 0 Å². The molecule has 11 heteroatoms. The van der Waals surface area contributed by atoms with Gasteiger partial charge < -0.3 is 9.80 Å². The fourth-order valence-electron chi connectivity index (χ4n) is 4.78. The number of rotatable bonds is 2. The highest BCUT2D eigenvalue weighted by atomic mass is 19.2. The van der Waals surface area contributed by atoms with Gasteiger partial charge in [-0.15, -0.1) is 9.89 Å². The maximum Gasteiger partial charge on any atom is 0.220 e. The number of carbonyl (C=O) groups is 1. The average Bonchev–Trinajstić information content (AvgIpc) is 3.50. The van der Waals surface area contributed by atoms with Crippen LogP contribution in [0.2, 0.25) is 0 Å². The molecule has 1 amide bonds. The largest absolute Gasteiger partial charge is 0.334 e. The first-order valence-electron chi connectivity index (χ1n) is 9.94. The molecule has 0 radical (unpaired) electrons. The number of para-hydroxylation sites is 1. The van der Waals surface area contributed by atoms with Crippen LogP contribution in [0.15, 0.2) is 47.5 Å². The number of fused-ring (bicyclic) bond motifs is 6. The zero-order valence-electron chi connectivity index (χ0n) is 16.3. The van der Waals surface area contributed by atoms with Gasteiger partial charge in [0.15, 0.2) is 12.0 Å². The normalized spacial score (nSPS) is 24.3. The van der Waals surface area contributed by atoms with Crippen LogP contribution in [0.1, 0.15) is 43.2 Å². The second-order valence-corrected chi connectivity index (χ2v) is 7.74. The van der Waals surface area contributed by atoms with Gasteiger partial charge in [-0.2, -0.15) is 10.2 Å². The molecule has 1 aromatic heterocycles. The van der Waals surface area contributed by atoms with Crippen molar-refractivity contribution in [2.24, 2.45) is 4.99 Å². The summed E-state index contributed by atoms with van der Waals surface area (Å²) in [5.74, 6) is 0.692. The minimum absolute atomic E-state index is 0.0304. The molecule has 2 unspecified atom stereocenters. The van der Waals surface area contributed by atoms with Crippen LogP contribution in [0, 0.1) is 0 Å². The molecule has 2 atom stereocenters. The van der Waals surface area contributed by atoms with E-state index in [4.69, 9.17) is 4.99 Å². The number of anilines is 1. The van der Waals surface area contributed by atoms with Crippen LogP contribution in [0.25, 0.3) is 0 Å². The number of likely N-dealkylation sites (tertiary alicyclic amines) is 1. The summed E-state index contributed by atoms with van der Waals surface area (Å²) < 4.78 is 14.3. The van der Waals surface area contributed by atoms with Gasteiger partial charge in [0.2, 0.25) is 5.91 Å². The second-order valence-electron chi connectivity index (χ2n) is 7.74. The van der Waals surface area contributed by atoms with E-state index in [1.165, 1.54) is 6.20 Å². The van der Waals surface area contributed by atoms with Crippen molar-refractivity contribution in [1.29, 1.82) is 0 Å². The number of hydrogen-bond donors (Lipinski definition) is 0. The van der Waals surface area contributed by atoms with Crippen LogP contribution in [-0.2, 0) is 4.79 Å². The van der Waals surface area contributed by atoms with Crippen LogP contribution in [0.3, 0.4) is 0 Å². The molecule has 30 heavy (non-hydrogen) atoms. The van der Waals surface area contributed by atoms with E-state index in [0.717, 1.165) is 29.8 Å². The molecule has 0 aliphatic carbocycles. The highest BCUT2D eigenvalue weighted by molar-refractivity contribution is 5.75. The Kier molecular flexibility index (Phi) is 3.55. The fourth-order valence-corrected chi connectivity index (χ4v) is 4.78. The monoisotopic (exact) mass is 409 g/mol. The van der Waals surface area contributed by atoms with E-state index in [2.05, 4.69) is 10.3 Å². The van der Waals surface area contributed by atoms with Crippen molar-refractivity contribution < 1.29 is 9.28 Å². The Bertz CT molecular complexity index is 1080. The number of hydrogen-bond acceptors (Lipinski definition) is 8. The van der Waals surface area contributed by atoms with Gasteiger partial charge in [-0.1, -0.05) is 22.7 Å². The molecule has 4 aliphatic rings. The summed E-state index contributed by atoms with van der Waals surface area (Å²) in [7, 11) is 0. The zero-order valence-corrected chi connectivity index (χ0v) is 16.3. The zero-order chi connectivity index (χ0) is 20.4. The van der Waals surface area contributed by atoms with Crippen LogP contribution in [-0.4, -0.2) is 55.6 Å². The number of hydrazine groups is 1. The second kappa shape index (κ2) is 6.18. The molecule has 10 nitrogen and oxygen atoms in total. The lowest BCUT2D eigenvalue weighted by Crippen LogP contribution is -2.52. The minimum Gasteiger partial charge on any atom is -0.334 e. The van der Waals surface area contributed by atoms with Crippen molar-refractivity contribution in [3.05, 3.63) is 53.7 Å². The molecule has 154 valence electrons. The van der Waals surface area contributed by atoms with Crippen molar-refractivity contribution in [1.82, 2.24) is 30.1 Å². The Balaban J connectivity index is 1.43. The van der Waals surface area contributed by atoms with Gasteiger partial charge in [-0.25, -0.2) is 10.0 Å². The molecule has 4 aliphatic heterocycles. The average molecular weight is 409 g/mol. The van der Waals surface area contributed by atoms with Crippen LogP contribution >= 0.6 is 0 Å². The summed E-state index contributed by atoms with van der Waals surface area (Å²) in [4.78, 5) is 22.2. The molecule has 2 aromatic rings. The Labute approximate surface area is 171 Å². The summed E-state index contributed by atoms with van der Waals surface area (Å²) in [5, 5.41) is 12.7. The number of carbonyl (C=O) groups excluding carboxylic acids is 1. The summed E-state index contributed by atoms with van der Waals surface area (Å²) in [6, 6.07) is 7.77. The molecular formula is C19H20FN9O. The predicted molar refractivity (Wildman–Crippen MR) is 105 cm³/mol. The molecule has 0 saturated carbocycles. The molecule has 0 N–H and O–H groups in total. The third kappa shape index (κ3) is 2.28. The van der Waals surface area contributed by atoms with Crippen LogP contribution < -0.4 is 10.0 Å². The molecule has 1 fully saturated rings. The Hall–Kier alpha value is -3.63. The van der Waals surface area contributed by atoms with E-state index in [1.807, 2.05) is 39.1 Å². The number of aromatic nitrogens is 3. The number of amides is 1. The maximum absolute atomic E-state index is 14.3. The van der Waals surface area contributed by atoms with Crippen molar-refractivity contribution in [2.45, 2.75) is 32.0 Å². The third-order valence-corrected chi connectivity index (χ3v) is 6.06. The van der Waals surface area contributed by atoms with Crippen molar-refractivity contribution in [2.75, 3.05) is 23.2 Å². The van der Waals surface area contributed by atoms with E-state index in [1.54, 1.807) is 29.4 Å². The standard InChI is InChI=1S/C19H20FN9O/c1-13(30)25-8-4-7-16(25)17-9-22-23-29(17)27-11-21-19-14-5-2-3-6-15(14)26-12-24(20)10-18(26)28(19)27/h2-3,5-6,9-11,16,19H,4,7-8,12H2,1H3. The Morgan fingerprint density at radius 2 is 2.13 bits per heavy atom. The predicted octanol–water partition coefficient (Wildman–Crippen LogP) is 1.63. The minimum atomic E-state index is -0.334. The molecule has 6 rings (SSSR count). The van der Waals surface area contributed by atoms with E-state index < -0.39 is 0 Å². The lowest BCUT2D eigenvalue weighted by molar-refractivity contribution is -0.129. The van der Waals surface area contributed by atoms with E-state index in [0.29, 0.717) is 17.5 Å². The van der Waals surface area contributed by atoms with Crippen molar-refractivity contribution in [3.63, 3.8) is 0 Å². The Morgan fingerprint density at radius 3 is 3.00 bits per heavy atom. The summed E-state index contributed by atoms with van der Waals surface area (Å²) in [6.07, 6.45) is 6.26. The van der Waals surface area contributed by atoms with E-state index in [9.17, 15) is 9.28 Å². The molecular weight excluding hydrogens is 389 g/mol.